The summed E-state index contributed by atoms with van der Waals surface area (Å²) in [5, 5.41) is 3.69. The third-order valence-electron chi connectivity index (χ3n) is 1.33. The Bertz CT molecular complexity index is 374. The zero-order chi connectivity index (χ0) is 8.39. The number of hydrogen-bond donors (Lipinski definition) is 0. The van der Waals surface area contributed by atoms with Crippen LogP contribution in [0.5, 0.6) is 0 Å². The Kier molecular flexibility index (Phi) is 2.03. The highest BCUT2D eigenvalue weighted by molar-refractivity contribution is 14.1. The molecule has 0 aliphatic rings. The Labute approximate surface area is 82.2 Å². The van der Waals surface area contributed by atoms with E-state index < -0.39 is 0 Å². The molecule has 0 bridgehead atoms. The van der Waals surface area contributed by atoms with Gasteiger partial charge in [0.15, 0.2) is 0 Å². The lowest BCUT2D eigenvalue weighted by Crippen LogP contribution is -1.88. The molecule has 2 heterocycles. The number of nitrogens with zero attached hydrogens (tertiary/aromatic N) is 3. The number of halogens is 1. The minimum Gasteiger partial charge on any atom is -0.342 e. The fourth-order valence-electron chi connectivity index (χ4n) is 0.825. The molecule has 0 amide bonds. The summed E-state index contributed by atoms with van der Waals surface area (Å²) < 4.78 is 5.63. The molecular weight excluding hydrogens is 269 g/mol. The topological polar surface area (TPSA) is 51.8 Å². The molecule has 0 aliphatic carbocycles. The van der Waals surface area contributed by atoms with Gasteiger partial charge in [-0.15, -0.1) is 0 Å². The van der Waals surface area contributed by atoms with Gasteiger partial charge in [-0.3, -0.25) is 4.98 Å². The third kappa shape index (κ3) is 1.31. The molecule has 0 unspecified atom stereocenters. The van der Waals surface area contributed by atoms with Crippen LogP contribution in [0.4, 0.5) is 0 Å². The predicted octanol–water partition coefficient (Wildman–Crippen LogP) is 1.74. The first-order valence-electron chi connectivity index (χ1n) is 3.25. The number of pyridine rings is 1. The summed E-state index contributed by atoms with van der Waals surface area (Å²) in [6.07, 6.45) is 2.99. The summed E-state index contributed by atoms with van der Waals surface area (Å²) in [6.45, 7) is 0. The van der Waals surface area contributed by atoms with Crippen molar-refractivity contribution >= 4 is 22.6 Å². The third-order valence-corrected chi connectivity index (χ3v) is 2.20. The second-order valence-corrected chi connectivity index (χ2v) is 3.25. The van der Waals surface area contributed by atoms with Crippen molar-refractivity contribution in [1.29, 1.82) is 0 Å². The minimum absolute atomic E-state index is 0.528. The van der Waals surface area contributed by atoms with Crippen molar-refractivity contribution < 1.29 is 4.52 Å². The lowest BCUT2D eigenvalue weighted by molar-refractivity contribution is 0.418. The summed E-state index contributed by atoms with van der Waals surface area (Å²) in [5.74, 6) is 0.528. The summed E-state index contributed by atoms with van der Waals surface area (Å²) in [5.41, 5.74) is 0.756. The maximum Gasteiger partial charge on any atom is 0.221 e. The zero-order valence-electron chi connectivity index (χ0n) is 5.94. The molecule has 2 aromatic rings. The molecule has 4 nitrogen and oxygen atoms in total. The molecule has 2 rings (SSSR count). The molecule has 0 atom stereocenters. The van der Waals surface area contributed by atoms with Gasteiger partial charge in [0.25, 0.3) is 0 Å². The molecule has 2 aromatic heterocycles. The second-order valence-electron chi connectivity index (χ2n) is 2.09. The molecule has 0 radical (unpaired) electrons. The van der Waals surface area contributed by atoms with E-state index in [2.05, 4.69) is 42.2 Å². The van der Waals surface area contributed by atoms with Gasteiger partial charge in [0.2, 0.25) is 12.2 Å². The number of aromatic nitrogens is 3. The van der Waals surface area contributed by atoms with Crippen molar-refractivity contribution in [3.8, 4) is 11.5 Å². The van der Waals surface area contributed by atoms with E-state index in [9.17, 15) is 0 Å². The van der Waals surface area contributed by atoms with E-state index in [-0.39, 0.29) is 0 Å². The van der Waals surface area contributed by atoms with Crippen molar-refractivity contribution in [2.75, 3.05) is 0 Å². The van der Waals surface area contributed by atoms with E-state index >= 15 is 0 Å². The molecule has 12 heavy (non-hydrogen) atoms. The van der Waals surface area contributed by atoms with Gasteiger partial charge in [0.05, 0.1) is 0 Å². The highest BCUT2D eigenvalue weighted by atomic mass is 127. The lowest BCUT2D eigenvalue weighted by Gasteiger charge is -1.94. The fourth-order valence-corrected chi connectivity index (χ4v) is 1.41. The molecule has 5 heteroatoms. The smallest absolute Gasteiger partial charge is 0.221 e. The van der Waals surface area contributed by atoms with Crippen LogP contribution in [0.1, 0.15) is 0 Å². The molecular formula is C7H4IN3O. The molecule has 0 spiro atoms. The van der Waals surface area contributed by atoms with Crippen molar-refractivity contribution in [2.45, 2.75) is 0 Å². The Morgan fingerprint density at radius 3 is 2.92 bits per heavy atom. The van der Waals surface area contributed by atoms with Gasteiger partial charge in [-0.05, 0) is 34.7 Å². The Balaban J connectivity index is 2.55. The second kappa shape index (κ2) is 3.18. The molecule has 0 aromatic carbocycles. The van der Waals surface area contributed by atoms with Gasteiger partial charge in [-0.2, -0.15) is 4.98 Å². The van der Waals surface area contributed by atoms with E-state index in [0.717, 1.165) is 9.26 Å². The molecule has 0 N–H and O–H groups in total. The van der Waals surface area contributed by atoms with Crippen LogP contribution in [-0.2, 0) is 0 Å². The summed E-state index contributed by atoms with van der Waals surface area (Å²) >= 11 is 2.18. The van der Waals surface area contributed by atoms with Crippen molar-refractivity contribution in [1.82, 2.24) is 15.1 Å². The maximum absolute atomic E-state index is 4.62. The van der Waals surface area contributed by atoms with Crippen LogP contribution in [-0.4, -0.2) is 15.1 Å². The SMILES string of the molecule is Ic1cccnc1-c1ncon1. The highest BCUT2D eigenvalue weighted by Gasteiger charge is 2.07. The largest absolute Gasteiger partial charge is 0.342 e. The van der Waals surface area contributed by atoms with E-state index in [1.54, 1.807) is 6.20 Å². The van der Waals surface area contributed by atoms with Crippen LogP contribution < -0.4 is 0 Å². The first-order chi connectivity index (χ1) is 5.88. The van der Waals surface area contributed by atoms with E-state index in [4.69, 9.17) is 0 Å². The summed E-state index contributed by atoms with van der Waals surface area (Å²) in [7, 11) is 0. The fraction of sp³-hybridized carbons (Fsp3) is 0. The van der Waals surface area contributed by atoms with Crippen LogP contribution in [0.3, 0.4) is 0 Å². The van der Waals surface area contributed by atoms with Gasteiger partial charge in [0, 0.05) is 9.77 Å². The van der Waals surface area contributed by atoms with Gasteiger partial charge in [-0.1, -0.05) is 5.16 Å². The summed E-state index contributed by atoms with van der Waals surface area (Å²) in [6, 6.07) is 3.81. The van der Waals surface area contributed by atoms with Crippen LogP contribution in [0.2, 0.25) is 0 Å². The maximum atomic E-state index is 4.62. The molecule has 0 saturated heterocycles. The molecule has 0 fully saturated rings. The van der Waals surface area contributed by atoms with Crippen LogP contribution >= 0.6 is 22.6 Å². The highest BCUT2D eigenvalue weighted by Crippen LogP contribution is 2.17. The first kappa shape index (κ1) is 7.66. The molecule has 0 aliphatic heterocycles. The van der Waals surface area contributed by atoms with Crippen molar-refractivity contribution in [3.63, 3.8) is 0 Å². The monoisotopic (exact) mass is 273 g/mol. The van der Waals surface area contributed by atoms with Crippen LogP contribution in [0.15, 0.2) is 29.2 Å². The Morgan fingerprint density at radius 1 is 1.33 bits per heavy atom. The van der Waals surface area contributed by atoms with E-state index in [0.29, 0.717) is 5.82 Å². The number of rotatable bonds is 1. The van der Waals surface area contributed by atoms with Gasteiger partial charge >= 0.3 is 0 Å². The van der Waals surface area contributed by atoms with Gasteiger partial charge in [-0.25, -0.2) is 0 Å². The van der Waals surface area contributed by atoms with Crippen molar-refractivity contribution in [3.05, 3.63) is 28.3 Å². The van der Waals surface area contributed by atoms with Crippen LogP contribution in [0, 0.1) is 3.57 Å². The minimum atomic E-state index is 0.528. The quantitative estimate of drug-likeness (QED) is 0.742. The predicted molar refractivity (Wildman–Crippen MR) is 50.2 cm³/mol. The Hall–Kier alpha value is -0.980. The van der Waals surface area contributed by atoms with E-state index in [1.165, 1.54) is 6.39 Å². The zero-order valence-corrected chi connectivity index (χ0v) is 8.09. The van der Waals surface area contributed by atoms with E-state index in [1.807, 2.05) is 12.1 Å². The van der Waals surface area contributed by atoms with Crippen molar-refractivity contribution in [2.24, 2.45) is 0 Å². The Morgan fingerprint density at radius 2 is 2.25 bits per heavy atom. The number of hydrogen-bond acceptors (Lipinski definition) is 4. The molecule has 0 saturated carbocycles. The van der Waals surface area contributed by atoms with Gasteiger partial charge < -0.3 is 4.52 Å². The normalized spacial score (nSPS) is 10.1. The summed E-state index contributed by atoms with van der Waals surface area (Å²) in [4.78, 5) is 8.03. The first-order valence-corrected chi connectivity index (χ1v) is 4.33. The van der Waals surface area contributed by atoms with Gasteiger partial charge in [0.1, 0.15) is 5.69 Å². The average Bonchev–Trinajstić information content (AvgIpc) is 2.57. The standard InChI is InChI=1S/C7H4IN3O/c8-5-2-1-3-9-6(5)7-10-4-12-11-7/h1-4H. The molecule has 60 valence electrons. The lowest BCUT2D eigenvalue weighted by atomic mass is 10.3. The average molecular weight is 273 g/mol. The van der Waals surface area contributed by atoms with Crippen LogP contribution in [0.25, 0.3) is 11.5 Å².